The van der Waals surface area contributed by atoms with Crippen LogP contribution in [0, 0.1) is 0 Å². The molecular formula is C13H8BrN3O4. The smallest absolute Gasteiger partial charge is 0.272 e. The summed E-state index contributed by atoms with van der Waals surface area (Å²) in [5, 5.41) is 7.37. The van der Waals surface area contributed by atoms with Gasteiger partial charge in [0.2, 0.25) is 0 Å². The molecule has 0 aliphatic heterocycles. The Bertz CT molecular complexity index is 954. The number of aromatic nitrogens is 2. The van der Waals surface area contributed by atoms with E-state index in [1.54, 1.807) is 12.1 Å². The first-order chi connectivity index (χ1) is 10.1. The first kappa shape index (κ1) is 13.4. The van der Waals surface area contributed by atoms with E-state index in [0.717, 1.165) is 0 Å². The van der Waals surface area contributed by atoms with Gasteiger partial charge in [-0.2, -0.15) is 0 Å². The number of fused-ring (bicyclic) bond motifs is 1. The number of anilines is 1. The molecule has 0 saturated heterocycles. The molecule has 3 rings (SSSR count). The van der Waals surface area contributed by atoms with Crippen LogP contribution >= 0.6 is 15.9 Å². The lowest BCUT2D eigenvalue weighted by Crippen LogP contribution is -2.21. The van der Waals surface area contributed by atoms with E-state index in [0.29, 0.717) is 0 Å². The van der Waals surface area contributed by atoms with Crippen LogP contribution in [0.4, 0.5) is 5.69 Å². The van der Waals surface area contributed by atoms with E-state index in [4.69, 9.17) is 4.42 Å². The van der Waals surface area contributed by atoms with Gasteiger partial charge in [-0.1, -0.05) is 6.07 Å². The highest BCUT2D eigenvalue weighted by Gasteiger charge is 2.15. The van der Waals surface area contributed by atoms with Crippen LogP contribution in [0.2, 0.25) is 0 Å². The third-order valence-electron chi connectivity index (χ3n) is 2.94. The Morgan fingerprint density at radius 1 is 1.14 bits per heavy atom. The first-order valence-electron chi connectivity index (χ1n) is 5.86. The van der Waals surface area contributed by atoms with Crippen molar-refractivity contribution in [3.8, 4) is 0 Å². The zero-order valence-corrected chi connectivity index (χ0v) is 12.0. The third kappa shape index (κ3) is 2.29. The summed E-state index contributed by atoms with van der Waals surface area (Å²) in [5.74, 6) is -0.456. The van der Waals surface area contributed by atoms with Gasteiger partial charge in [0.1, 0.15) is 0 Å². The molecule has 0 spiro atoms. The molecule has 106 valence electrons. The van der Waals surface area contributed by atoms with Crippen LogP contribution in [0.15, 0.2) is 49.2 Å². The zero-order valence-electron chi connectivity index (χ0n) is 10.4. The molecule has 2 aromatic heterocycles. The number of rotatable bonds is 2. The van der Waals surface area contributed by atoms with Gasteiger partial charge in [-0.3, -0.25) is 24.6 Å². The molecule has 2 heterocycles. The van der Waals surface area contributed by atoms with Gasteiger partial charge in [0.05, 0.1) is 28.3 Å². The average molecular weight is 350 g/mol. The summed E-state index contributed by atoms with van der Waals surface area (Å²) in [5.41, 5.74) is -0.400. The maximum atomic E-state index is 12.1. The van der Waals surface area contributed by atoms with E-state index in [1.807, 2.05) is 0 Å². The first-order valence-corrected chi connectivity index (χ1v) is 6.65. The number of carbonyl (C=O) groups excluding carboxylic acids is 1. The molecule has 0 saturated carbocycles. The predicted octanol–water partition coefficient (Wildman–Crippen LogP) is 1.82. The number of amides is 1. The van der Waals surface area contributed by atoms with Gasteiger partial charge in [-0.05, 0) is 34.1 Å². The number of carbonyl (C=O) groups is 1. The van der Waals surface area contributed by atoms with E-state index >= 15 is 0 Å². The molecule has 0 atom stereocenters. The molecule has 0 fully saturated rings. The second-order valence-electron chi connectivity index (χ2n) is 4.20. The van der Waals surface area contributed by atoms with Crippen molar-refractivity contribution >= 4 is 38.3 Å². The van der Waals surface area contributed by atoms with E-state index in [9.17, 15) is 14.4 Å². The molecular weight excluding hydrogens is 342 g/mol. The normalized spacial score (nSPS) is 10.7. The summed E-state index contributed by atoms with van der Waals surface area (Å²) in [4.78, 5) is 35.7. The van der Waals surface area contributed by atoms with Gasteiger partial charge in [0, 0.05) is 0 Å². The maximum absolute atomic E-state index is 12.1. The van der Waals surface area contributed by atoms with Gasteiger partial charge < -0.3 is 9.73 Å². The highest BCUT2D eigenvalue weighted by molar-refractivity contribution is 9.10. The minimum atomic E-state index is -0.494. The van der Waals surface area contributed by atoms with Crippen LogP contribution in [0.3, 0.4) is 0 Å². The SMILES string of the molecule is O=C(Nc1cccc2c(=O)[nH][nH]c(=O)c12)c1ccoc1Br. The molecule has 7 nitrogen and oxygen atoms in total. The standard InChI is InChI=1S/C13H8BrN3O4/c14-10-7(4-5-21-10)11(18)15-8-3-1-2-6-9(8)13(20)17-16-12(6)19/h1-5H,(H,15,18)(H,16,19)(H,17,20). The number of H-pyrrole nitrogens is 2. The van der Waals surface area contributed by atoms with Crippen LogP contribution in [-0.2, 0) is 0 Å². The van der Waals surface area contributed by atoms with Crippen molar-refractivity contribution < 1.29 is 9.21 Å². The fraction of sp³-hybridized carbons (Fsp3) is 0. The van der Waals surface area contributed by atoms with Crippen LogP contribution in [0.25, 0.3) is 10.8 Å². The van der Waals surface area contributed by atoms with Crippen molar-refractivity contribution in [2.24, 2.45) is 0 Å². The number of nitrogens with one attached hydrogen (secondary N) is 3. The summed E-state index contributed by atoms with van der Waals surface area (Å²) in [7, 11) is 0. The average Bonchev–Trinajstić information content (AvgIpc) is 2.89. The largest absolute Gasteiger partial charge is 0.457 e. The van der Waals surface area contributed by atoms with Gasteiger partial charge in [-0.15, -0.1) is 0 Å². The van der Waals surface area contributed by atoms with Crippen LogP contribution in [-0.4, -0.2) is 16.1 Å². The summed E-state index contributed by atoms with van der Waals surface area (Å²) < 4.78 is 5.27. The van der Waals surface area contributed by atoms with Crippen molar-refractivity contribution in [3.05, 3.63) is 61.5 Å². The molecule has 0 bridgehead atoms. The fourth-order valence-corrected chi connectivity index (χ4v) is 2.40. The number of aromatic amines is 2. The van der Waals surface area contributed by atoms with Crippen molar-refractivity contribution in [1.29, 1.82) is 0 Å². The van der Waals surface area contributed by atoms with Crippen LogP contribution < -0.4 is 16.4 Å². The molecule has 0 aliphatic carbocycles. The van der Waals surface area contributed by atoms with Crippen molar-refractivity contribution in [1.82, 2.24) is 10.2 Å². The van der Waals surface area contributed by atoms with E-state index in [2.05, 4.69) is 31.4 Å². The van der Waals surface area contributed by atoms with Crippen LogP contribution in [0.1, 0.15) is 10.4 Å². The van der Waals surface area contributed by atoms with Crippen LogP contribution in [0.5, 0.6) is 0 Å². The quantitative estimate of drug-likeness (QED) is 0.655. The Morgan fingerprint density at radius 2 is 1.90 bits per heavy atom. The monoisotopic (exact) mass is 349 g/mol. The maximum Gasteiger partial charge on any atom is 0.272 e. The van der Waals surface area contributed by atoms with Gasteiger partial charge in [0.25, 0.3) is 17.0 Å². The minimum Gasteiger partial charge on any atom is -0.457 e. The molecule has 3 aromatic rings. The Balaban J connectivity index is 2.12. The van der Waals surface area contributed by atoms with Gasteiger partial charge >= 0.3 is 0 Å². The third-order valence-corrected chi connectivity index (χ3v) is 3.55. The van der Waals surface area contributed by atoms with E-state index < -0.39 is 17.0 Å². The molecule has 0 radical (unpaired) electrons. The number of benzene rings is 1. The molecule has 0 aliphatic rings. The molecule has 1 aromatic carbocycles. The molecule has 1 amide bonds. The molecule has 3 N–H and O–H groups in total. The summed E-state index contributed by atoms with van der Waals surface area (Å²) in [6.45, 7) is 0. The Labute approximate surface area is 125 Å². The lowest BCUT2D eigenvalue weighted by atomic mass is 10.1. The zero-order chi connectivity index (χ0) is 15.0. The lowest BCUT2D eigenvalue weighted by Gasteiger charge is -2.06. The summed E-state index contributed by atoms with van der Waals surface area (Å²) in [6.07, 6.45) is 1.36. The number of hydrogen-bond acceptors (Lipinski definition) is 4. The summed E-state index contributed by atoms with van der Waals surface area (Å²) in [6, 6.07) is 6.12. The van der Waals surface area contributed by atoms with Crippen molar-refractivity contribution in [3.63, 3.8) is 0 Å². The second kappa shape index (κ2) is 5.06. The summed E-state index contributed by atoms with van der Waals surface area (Å²) >= 11 is 3.11. The van der Waals surface area contributed by atoms with Crippen molar-refractivity contribution in [2.75, 3.05) is 5.32 Å². The molecule has 21 heavy (non-hydrogen) atoms. The van der Waals surface area contributed by atoms with Crippen molar-refractivity contribution in [2.45, 2.75) is 0 Å². The Hall–Kier alpha value is -2.61. The predicted molar refractivity (Wildman–Crippen MR) is 79.6 cm³/mol. The highest BCUT2D eigenvalue weighted by atomic mass is 79.9. The highest BCUT2D eigenvalue weighted by Crippen LogP contribution is 2.21. The van der Waals surface area contributed by atoms with Gasteiger partial charge in [-0.25, -0.2) is 0 Å². The number of halogens is 1. The second-order valence-corrected chi connectivity index (χ2v) is 4.92. The lowest BCUT2D eigenvalue weighted by molar-refractivity contribution is 0.102. The number of hydrogen-bond donors (Lipinski definition) is 3. The minimum absolute atomic E-state index is 0.120. The number of furan rings is 1. The fourth-order valence-electron chi connectivity index (χ4n) is 1.98. The van der Waals surface area contributed by atoms with E-state index in [-0.39, 0.29) is 26.7 Å². The van der Waals surface area contributed by atoms with Gasteiger partial charge in [0.15, 0.2) is 4.67 Å². The molecule has 8 heteroatoms. The van der Waals surface area contributed by atoms with E-state index in [1.165, 1.54) is 18.4 Å². The molecule has 0 unspecified atom stereocenters. The Kier molecular flexibility index (Phi) is 3.22. The topological polar surface area (TPSA) is 108 Å². The Morgan fingerprint density at radius 3 is 2.62 bits per heavy atom.